The molecule has 6 aromatic rings. The minimum absolute atomic E-state index is 0.0399. The highest BCUT2D eigenvalue weighted by atomic mass is 35.7. The number of benzene rings is 2. The predicted molar refractivity (Wildman–Crippen MR) is 146 cm³/mol. The highest BCUT2D eigenvalue weighted by molar-refractivity contribution is 8.13. The summed E-state index contributed by atoms with van der Waals surface area (Å²) in [4.78, 5) is 24.0. The van der Waals surface area contributed by atoms with Crippen molar-refractivity contribution in [3.63, 3.8) is 0 Å². The lowest BCUT2D eigenvalue weighted by Crippen LogP contribution is -2.20. The zero-order chi connectivity index (χ0) is 29.1. The van der Waals surface area contributed by atoms with E-state index in [1.54, 1.807) is 26.0 Å². The van der Waals surface area contributed by atoms with E-state index in [2.05, 4.69) is 20.4 Å². The molecule has 0 saturated heterocycles. The highest BCUT2D eigenvalue weighted by Crippen LogP contribution is 2.27. The Balaban J connectivity index is 0.000000164. The molecule has 2 aromatic carbocycles. The summed E-state index contributed by atoms with van der Waals surface area (Å²) in [6, 6.07) is 6.51. The van der Waals surface area contributed by atoms with Gasteiger partial charge < -0.3 is 0 Å². The minimum Gasteiger partial charge on any atom is -0.292 e. The summed E-state index contributed by atoms with van der Waals surface area (Å²) in [6.45, 7) is 3.50. The Bertz CT molecular complexity index is 2180. The molecule has 12 nitrogen and oxygen atoms in total. The van der Waals surface area contributed by atoms with Crippen LogP contribution in [0.15, 0.2) is 44.8 Å². The van der Waals surface area contributed by atoms with E-state index in [1.165, 1.54) is 40.6 Å². The number of nitrogens with zero attached hydrogens (tertiary/aromatic N) is 8. The zero-order valence-corrected chi connectivity index (χ0v) is 24.2. The summed E-state index contributed by atoms with van der Waals surface area (Å²) in [5.41, 5.74) is -0.0979. The van der Waals surface area contributed by atoms with Gasteiger partial charge in [0.1, 0.15) is 32.7 Å². The number of rotatable bonds is 3. The number of aryl methyl sites for hydroxylation is 4. The standard InChI is InChI=1S/C11H8ClFN4O3S2.C11H9FN4OS/c1-5-14-15-10(21-5)17-8-4-6(22(12,19)20)3-7(13)9(8)16(2)11(17)18;1-6-13-14-10(18-6)16-8-5-3-4-7(12)9(8)15(2)11(16)17/h3-4H,1-2H3;3-5H,1-2H3. The molecule has 4 heterocycles. The second kappa shape index (κ2) is 9.99. The molecule has 0 atom stereocenters. The van der Waals surface area contributed by atoms with Crippen molar-refractivity contribution >= 4 is 64.5 Å². The normalized spacial score (nSPS) is 11.8. The molecule has 0 aliphatic heterocycles. The molecule has 0 bridgehead atoms. The van der Waals surface area contributed by atoms with Crippen LogP contribution in [0.2, 0.25) is 0 Å². The first-order valence-electron chi connectivity index (χ1n) is 11.1. The van der Waals surface area contributed by atoms with Gasteiger partial charge in [-0.05, 0) is 38.1 Å². The summed E-state index contributed by atoms with van der Waals surface area (Å²) in [6.07, 6.45) is 0. The first kappa shape index (κ1) is 27.8. The Morgan fingerprint density at radius 1 is 0.775 bits per heavy atom. The fourth-order valence-electron chi connectivity index (χ4n) is 4.04. The number of hydrogen-bond acceptors (Lipinski definition) is 10. The monoisotopic (exact) mass is 626 g/mol. The molecule has 4 aromatic heterocycles. The van der Waals surface area contributed by atoms with Crippen LogP contribution >= 0.6 is 33.4 Å². The van der Waals surface area contributed by atoms with Gasteiger partial charge in [0.05, 0.1) is 15.9 Å². The summed E-state index contributed by atoms with van der Waals surface area (Å²) < 4.78 is 55.7. The average molecular weight is 627 g/mol. The van der Waals surface area contributed by atoms with E-state index in [0.29, 0.717) is 15.7 Å². The van der Waals surface area contributed by atoms with Gasteiger partial charge in [-0.25, -0.2) is 35.9 Å². The Labute approximate surface area is 235 Å². The second-order valence-corrected chi connectivity index (χ2v) is 13.3. The lowest BCUT2D eigenvalue weighted by Gasteiger charge is -2.01. The lowest BCUT2D eigenvalue weighted by atomic mass is 10.3. The number of para-hydroxylation sites is 1. The Morgan fingerprint density at radius 2 is 1.27 bits per heavy atom. The van der Waals surface area contributed by atoms with E-state index in [0.717, 1.165) is 37.6 Å². The first-order chi connectivity index (χ1) is 18.8. The van der Waals surface area contributed by atoms with Gasteiger partial charge >= 0.3 is 11.4 Å². The highest BCUT2D eigenvalue weighted by Gasteiger charge is 2.22. The summed E-state index contributed by atoms with van der Waals surface area (Å²) in [5.74, 6) is -1.29. The molecular formula is C22H17ClF2N8O4S3. The van der Waals surface area contributed by atoms with Crippen LogP contribution in [-0.4, -0.2) is 47.1 Å². The summed E-state index contributed by atoms with van der Waals surface area (Å²) in [7, 11) is 4.05. The van der Waals surface area contributed by atoms with Crippen LogP contribution in [0.1, 0.15) is 10.0 Å². The maximum absolute atomic E-state index is 14.2. The van der Waals surface area contributed by atoms with Crippen molar-refractivity contribution in [1.82, 2.24) is 38.7 Å². The number of hydrogen-bond donors (Lipinski definition) is 0. The molecule has 0 radical (unpaired) electrons. The summed E-state index contributed by atoms with van der Waals surface area (Å²) in [5, 5.41) is 17.5. The van der Waals surface area contributed by atoms with E-state index >= 15 is 0 Å². The number of fused-ring (bicyclic) bond motifs is 2. The molecule has 0 unspecified atom stereocenters. The first-order valence-corrected chi connectivity index (χ1v) is 15.1. The van der Waals surface area contributed by atoms with E-state index in [1.807, 2.05) is 0 Å². The third-order valence-electron chi connectivity index (χ3n) is 5.79. The average Bonchev–Trinajstić information content (AvgIpc) is 3.61. The maximum atomic E-state index is 14.2. The SMILES string of the molecule is Cc1nnc(-n2c(=O)n(C)c3c(F)cc(S(=O)(=O)Cl)cc32)s1.Cc1nnc(-n2c(=O)n(C)c3c(F)cccc32)s1. The van der Waals surface area contributed by atoms with Gasteiger partial charge in [-0.1, -0.05) is 28.7 Å². The quantitative estimate of drug-likeness (QED) is 0.273. The van der Waals surface area contributed by atoms with Gasteiger partial charge in [0.25, 0.3) is 9.05 Å². The fourth-order valence-corrected chi connectivity index (χ4v) is 6.19. The van der Waals surface area contributed by atoms with Crippen LogP contribution in [0.3, 0.4) is 0 Å². The maximum Gasteiger partial charge on any atom is 0.335 e. The van der Waals surface area contributed by atoms with Crippen molar-refractivity contribution in [3.8, 4) is 10.3 Å². The van der Waals surface area contributed by atoms with Crippen LogP contribution in [0, 0.1) is 25.5 Å². The smallest absolute Gasteiger partial charge is 0.292 e. The van der Waals surface area contributed by atoms with Crippen LogP contribution in [0.4, 0.5) is 8.78 Å². The van der Waals surface area contributed by atoms with Crippen molar-refractivity contribution in [2.45, 2.75) is 18.7 Å². The molecule has 0 aliphatic carbocycles. The predicted octanol–water partition coefficient (Wildman–Crippen LogP) is 3.18. The van der Waals surface area contributed by atoms with Gasteiger partial charge in [-0.2, -0.15) is 0 Å². The van der Waals surface area contributed by atoms with E-state index in [4.69, 9.17) is 10.7 Å². The number of imidazole rings is 2. The Morgan fingerprint density at radius 3 is 1.75 bits per heavy atom. The fraction of sp³-hybridized carbons (Fsp3) is 0.182. The number of aromatic nitrogens is 8. The molecular weight excluding hydrogens is 610 g/mol. The Hall–Kier alpha value is -3.80. The Kier molecular flexibility index (Phi) is 6.93. The van der Waals surface area contributed by atoms with Gasteiger partial charge in [0, 0.05) is 24.8 Å². The van der Waals surface area contributed by atoms with Crippen molar-refractivity contribution in [1.29, 1.82) is 0 Å². The second-order valence-electron chi connectivity index (χ2n) is 8.38. The van der Waals surface area contributed by atoms with E-state index in [9.17, 15) is 26.8 Å². The van der Waals surface area contributed by atoms with Gasteiger partial charge in [-0.3, -0.25) is 9.13 Å². The molecule has 40 heavy (non-hydrogen) atoms. The molecule has 18 heteroatoms. The molecule has 208 valence electrons. The van der Waals surface area contributed by atoms with Crippen LogP contribution in [-0.2, 0) is 23.1 Å². The van der Waals surface area contributed by atoms with Gasteiger partial charge in [0.15, 0.2) is 0 Å². The third kappa shape index (κ3) is 4.63. The summed E-state index contributed by atoms with van der Waals surface area (Å²) >= 11 is 2.42. The van der Waals surface area contributed by atoms with Crippen molar-refractivity contribution in [3.05, 3.63) is 73.0 Å². The van der Waals surface area contributed by atoms with Crippen LogP contribution in [0.5, 0.6) is 0 Å². The van der Waals surface area contributed by atoms with Crippen LogP contribution in [0.25, 0.3) is 32.3 Å². The third-order valence-corrected chi connectivity index (χ3v) is 8.77. The molecule has 0 spiro atoms. The van der Waals surface area contributed by atoms with Crippen molar-refractivity contribution < 1.29 is 17.2 Å². The van der Waals surface area contributed by atoms with E-state index in [-0.39, 0.29) is 27.4 Å². The molecule has 6 rings (SSSR count). The topological polar surface area (TPSA) is 140 Å². The number of halogens is 3. The molecule has 0 fully saturated rings. The van der Waals surface area contributed by atoms with E-state index < -0.39 is 31.3 Å². The molecule has 0 aliphatic rings. The molecule has 0 amide bonds. The largest absolute Gasteiger partial charge is 0.335 e. The van der Waals surface area contributed by atoms with Crippen molar-refractivity contribution in [2.75, 3.05) is 0 Å². The molecule has 0 saturated carbocycles. The minimum atomic E-state index is -4.14. The van der Waals surface area contributed by atoms with Crippen LogP contribution < -0.4 is 11.4 Å². The van der Waals surface area contributed by atoms with Gasteiger partial charge in [-0.15, -0.1) is 20.4 Å². The zero-order valence-electron chi connectivity index (χ0n) is 21.0. The molecule has 0 N–H and O–H groups in total. The lowest BCUT2D eigenvalue weighted by molar-refractivity contribution is 0.603. The van der Waals surface area contributed by atoms with Gasteiger partial charge in [0.2, 0.25) is 10.3 Å². The van der Waals surface area contributed by atoms with Crippen molar-refractivity contribution in [2.24, 2.45) is 14.1 Å².